The highest BCUT2D eigenvalue weighted by molar-refractivity contribution is 7.92. The highest BCUT2D eigenvalue weighted by Crippen LogP contribution is 2.27. The number of benzene rings is 3. The second-order valence-corrected chi connectivity index (χ2v) is 11.4. The highest BCUT2D eigenvalue weighted by Gasteiger charge is 2.33. The lowest BCUT2D eigenvalue weighted by molar-refractivity contribution is -0.139. The number of nitrogens with zero attached hydrogens (tertiary/aromatic N) is 2. The molecule has 0 aliphatic carbocycles. The lowest BCUT2D eigenvalue weighted by Crippen LogP contribution is -2.51. The second-order valence-electron chi connectivity index (χ2n) is 9.57. The van der Waals surface area contributed by atoms with Crippen molar-refractivity contribution in [1.82, 2.24) is 10.2 Å². The predicted molar refractivity (Wildman–Crippen MR) is 146 cm³/mol. The van der Waals surface area contributed by atoms with E-state index in [1.807, 2.05) is 13.8 Å². The number of aryl methyl sites for hydroxylation is 1. The summed E-state index contributed by atoms with van der Waals surface area (Å²) in [5, 5.41) is 2.84. The molecule has 3 rings (SSSR count). The Hall–Kier alpha value is -3.72. The van der Waals surface area contributed by atoms with Crippen LogP contribution < -0.4 is 9.62 Å². The summed E-state index contributed by atoms with van der Waals surface area (Å²) in [4.78, 5) is 28.2. The molecule has 0 unspecified atom stereocenters. The largest absolute Gasteiger partial charge is 0.354 e. The van der Waals surface area contributed by atoms with Gasteiger partial charge in [-0.2, -0.15) is 0 Å². The minimum atomic E-state index is -4.12. The van der Waals surface area contributed by atoms with Gasteiger partial charge in [0.05, 0.1) is 10.6 Å². The Morgan fingerprint density at radius 2 is 1.50 bits per heavy atom. The van der Waals surface area contributed by atoms with E-state index < -0.39 is 34.3 Å². The van der Waals surface area contributed by atoms with E-state index in [-0.39, 0.29) is 23.3 Å². The number of amides is 2. The van der Waals surface area contributed by atoms with Crippen molar-refractivity contribution in [3.8, 4) is 0 Å². The first-order chi connectivity index (χ1) is 18.0. The van der Waals surface area contributed by atoms with E-state index in [1.54, 1.807) is 56.3 Å². The van der Waals surface area contributed by atoms with Gasteiger partial charge in [0.25, 0.3) is 10.0 Å². The number of para-hydroxylation sites is 1. The zero-order valence-corrected chi connectivity index (χ0v) is 22.9. The van der Waals surface area contributed by atoms with Crippen LogP contribution in [-0.2, 0) is 26.2 Å². The molecule has 3 aromatic carbocycles. The minimum absolute atomic E-state index is 0.00236. The van der Waals surface area contributed by atoms with Gasteiger partial charge >= 0.3 is 0 Å². The first kappa shape index (κ1) is 28.8. The molecule has 7 nitrogen and oxygen atoms in total. The third-order valence-corrected chi connectivity index (χ3v) is 7.89. The fourth-order valence-electron chi connectivity index (χ4n) is 3.90. The Bertz CT molecular complexity index is 1350. The summed E-state index contributed by atoms with van der Waals surface area (Å²) in [5.41, 5.74) is 1.65. The van der Waals surface area contributed by atoms with Gasteiger partial charge in [0, 0.05) is 13.1 Å². The predicted octanol–water partition coefficient (Wildman–Crippen LogP) is 4.52. The van der Waals surface area contributed by atoms with Gasteiger partial charge in [-0.3, -0.25) is 13.9 Å². The lowest BCUT2D eigenvalue weighted by atomic mass is 10.1. The number of halogens is 1. The number of carbonyl (C=O) groups excluding carboxylic acids is 2. The van der Waals surface area contributed by atoms with Crippen LogP contribution in [0.1, 0.15) is 31.9 Å². The summed E-state index contributed by atoms with van der Waals surface area (Å²) in [6.07, 6.45) is 0. The Morgan fingerprint density at radius 3 is 2.11 bits per heavy atom. The molecule has 0 aliphatic rings. The molecule has 0 bridgehead atoms. The Kier molecular flexibility index (Phi) is 9.63. The van der Waals surface area contributed by atoms with E-state index in [4.69, 9.17) is 0 Å². The maximum Gasteiger partial charge on any atom is 0.264 e. The summed E-state index contributed by atoms with van der Waals surface area (Å²) < 4.78 is 42.1. The third kappa shape index (κ3) is 7.19. The van der Waals surface area contributed by atoms with Crippen molar-refractivity contribution in [3.05, 3.63) is 95.8 Å². The molecule has 0 aliphatic heterocycles. The minimum Gasteiger partial charge on any atom is -0.354 e. The van der Waals surface area contributed by atoms with Crippen molar-refractivity contribution in [2.75, 3.05) is 17.4 Å². The molecule has 1 N–H and O–H groups in total. The molecule has 38 heavy (non-hydrogen) atoms. The first-order valence-corrected chi connectivity index (χ1v) is 13.9. The fourth-order valence-corrected chi connectivity index (χ4v) is 5.40. The molecule has 0 aromatic heterocycles. The number of anilines is 1. The Labute approximate surface area is 224 Å². The van der Waals surface area contributed by atoms with Crippen molar-refractivity contribution < 1.29 is 22.4 Å². The number of rotatable bonds is 11. The van der Waals surface area contributed by atoms with Crippen LogP contribution >= 0.6 is 0 Å². The van der Waals surface area contributed by atoms with Crippen LogP contribution in [0.15, 0.2) is 83.8 Å². The zero-order chi connectivity index (χ0) is 27.9. The van der Waals surface area contributed by atoms with E-state index in [0.717, 1.165) is 4.31 Å². The highest BCUT2D eigenvalue weighted by atomic mass is 32.2. The van der Waals surface area contributed by atoms with E-state index >= 15 is 0 Å². The summed E-state index contributed by atoms with van der Waals surface area (Å²) >= 11 is 0. The van der Waals surface area contributed by atoms with Gasteiger partial charge in [-0.15, -0.1) is 0 Å². The van der Waals surface area contributed by atoms with Crippen LogP contribution in [0.25, 0.3) is 0 Å². The van der Waals surface area contributed by atoms with Gasteiger partial charge in [0.15, 0.2) is 0 Å². The average molecular weight is 540 g/mol. The molecular formula is C29H34FN3O4S. The van der Waals surface area contributed by atoms with Crippen LogP contribution in [0.2, 0.25) is 0 Å². The molecule has 202 valence electrons. The number of hydrogen-bond acceptors (Lipinski definition) is 4. The molecule has 0 heterocycles. The molecular weight excluding hydrogens is 505 g/mol. The van der Waals surface area contributed by atoms with E-state index in [1.165, 1.54) is 41.3 Å². The number of nitrogens with one attached hydrogen (secondary N) is 1. The van der Waals surface area contributed by atoms with E-state index in [2.05, 4.69) is 5.32 Å². The maximum absolute atomic E-state index is 13.8. The first-order valence-electron chi connectivity index (χ1n) is 12.5. The molecule has 0 saturated carbocycles. The van der Waals surface area contributed by atoms with Gasteiger partial charge in [-0.05, 0) is 61.2 Å². The van der Waals surface area contributed by atoms with Crippen molar-refractivity contribution in [2.24, 2.45) is 5.92 Å². The van der Waals surface area contributed by atoms with Crippen molar-refractivity contribution in [2.45, 2.75) is 45.2 Å². The van der Waals surface area contributed by atoms with Crippen molar-refractivity contribution >= 4 is 27.5 Å². The van der Waals surface area contributed by atoms with Gasteiger partial charge in [-0.1, -0.05) is 62.4 Å². The Balaban J connectivity index is 2.00. The van der Waals surface area contributed by atoms with Gasteiger partial charge < -0.3 is 10.2 Å². The smallest absolute Gasteiger partial charge is 0.264 e. The molecule has 0 saturated heterocycles. The van der Waals surface area contributed by atoms with E-state index in [0.29, 0.717) is 23.4 Å². The SMILES string of the molecule is Cc1ccccc1N(CC(=O)N(Cc1ccc(F)cc1)[C@H](C)C(=O)NCC(C)C)S(=O)(=O)c1ccccc1. The molecule has 0 fully saturated rings. The standard InChI is InChI=1S/C29H34FN3O4S/c1-21(2)18-31-29(35)23(4)32(19-24-14-16-25(30)17-15-24)28(34)20-33(27-13-9-8-10-22(27)3)38(36,37)26-11-6-5-7-12-26/h5-17,21,23H,18-20H2,1-4H3,(H,31,35)/t23-/m1/s1. The summed E-state index contributed by atoms with van der Waals surface area (Å²) in [6.45, 7) is 7.20. The molecule has 0 spiro atoms. The molecule has 9 heteroatoms. The topological polar surface area (TPSA) is 86.8 Å². The third-order valence-electron chi connectivity index (χ3n) is 6.11. The average Bonchev–Trinajstić information content (AvgIpc) is 2.90. The van der Waals surface area contributed by atoms with Crippen LogP contribution in [0, 0.1) is 18.7 Å². The van der Waals surface area contributed by atoms with Crippen LogP contribution in [-0.4, -0.2) is 44.3 Å². The van der Waals surface area contributed by atoms with Crippen LogP contribution in [0.5, 0.6) is 0 Å². The fraction of sp³-hybridized carbons (Fsp3) is 0.310. The number of sulfonamides is 1. The Morgan fingerprint density at radius 1 is 0.895 bits per heavy atom. The maximum atomic E-state index is 13.8. The second kappa shape index (κ2) is 12.7. The summed E-state index contributed by atoms with van der Waals surface area (Å²) in [6, 6.07) is 19.5. The van der Waals surface area contributed by atoms with Gasteiger partial charge in [0.1, 0.15) is 18.4 Å². The van der Waals surface area contributed by atoms with Gasteiger partial charge in [-0.25, -0.2) is 12.8 Å². The van der Waals surface area contributed by atoms with Crippen LogP contribution in [0.4, 0.5) is 10.1 Å². The quantitative estimate of drug-likeness (QED) is 0.388. The van der Waals surface area contributed by atoms with Crippen molar-refractivity contribution in [3.63, 3.8) is 0 Å². The monoisotopic (exact) mass is 539 g/mol. The number of hydrogen-bond donors (Lipinski definition) is 1. The summed E-state index contributed by atoms with van der Waals surface area (Å²) in [5.74, 6) is -1.14. The van der Waals surface area contributed by atoms with Crippen molar-refractivity contribution in [1.29, 1.82) is 0 Å². The van der Waals surface area contributed by atoms with Crippen LogP contribution in [0.3, 0.4) is 0 Å². The molecule has 3 aromatic rings. The molecule has 2 amide bonds. The van der Waals surface area contributed by atoms with Gasteiger partial charge in [0.2, 0.25) is 11.8 Å². The van der Waals surface area contributed by atoms with E-state index in [9.17, 15) is 22.4 Å². The normalized spacial score (nSPS) is 12.2. The lowest BCUT2D eigenvalue weighted by Gasteiger charge is -2.32. The number of carbonyl (C=O) groups is 2. The summed E-state index contributed by atoms with van der Waals surface area (Å²) in [7, 11) is -4.12. The molecule has 1 atom stereocenters. The molecule has 0 radical (unpaired) electrons. The zero-order valence-electron chi connectivity index (χ0n) is 22.1.